The maximum atomic E-state index is 6.00. The van der Waals surface area contributed by atoms with Gasteiger partial charge in [0.1, 0.15) is 0 Å². The summed E-state index contributed by atoms with van der Waals surface area (Å²) in [5.41, 5.74) is 2.27. The van der Waals surface area contributed by atoms with E-state index in [1.807, 2.05) is 6.07 Å². The maximum Gasteiger partial charge on any atom is 0.0603 e. The van der Waals surface area contributed by atoms with Crippen molar-refractivity contribution in [3.05, 3.63) is 35.5 Å². The third-order valence-corrected chi connectivity index (χ3v) is 2.51. The summed E-state index contributed by atoms with van der Waals surface area (Å²) in [5, 5.41) is 0.830. The minimum Gasteiger partial charge on any atom is -0.293 e. The summed E-state index contributed by atoms with van der Waals surface area (Å²) in [6.45, 7) is 6.43. The largest absolute Gasteiger partial charge is 0.293 e. The van der Waals surface area contributed by atoms with E-state index in [-0.39, 0.29) is 0 Å². The Morgan fingerprint density at radius 2 is 2.42 bits per heavy atom. The van der Waals surface area contributed by atoms with E-state index in [1.165, 1.54) is 5.56 Å². The van der Waals surface area contributed by atoms with Crippen molar-refractivity contribution in [2.75, 3.05) is 6.54 Å². The Morgan fingerprint density at radius 1 is 1.58 bits per heavy atom. The standard InChI is InChI=1S/C9H10ClN2/c1-2-12-5-7-8(10)3-4-11-9(7)6-12/h3-4H,1-2,5-6H2. The molecule has 1 aliphatic heterocycles. The van der Waals surface area contributed by atoms with Gasteiger partial charge in [0.25, 0.3) is 0 Å². The summed E-state index contributed by atoms with van der Waals surface area (Å²) in [4.78, 5) is 6.48. The first-order chi connectivity index (χ1) is 5.81. The Labute approximate surface area is 77.2 Å². The average molecular weight is 182 g/mol. The molecule has 0 spiro atoms. The van der Waals surface area contributed by atoms with Crippen molar-refractivity contribution in [3.63, 3.8) is 0 Å². The van der Waals surface area contributed by atoms with E-state index in [1.54, 1.807) is 6.20 Å². The van der Waals surface area contributed by atoms with Crippen LogP contribution in [0.3, 0.4) is 0 Å². The molecule has 0 unspecified atom stereocenters. The smallest absolute Gasteiger partial charge is 0.0603 e. The van der Waals surface area contributed by atoms with Crippen LogP contribution in [0.25, 0.3) is 0 Å². The predicted molar refractivity (Wildman–Crippen MR) is 48.7 cm³/mol. The quantitative estimate of drug-likeness (QED) is 0.658. The second-order valence-corrected chi connectivity index (χ2v) is 3.34. The number of nitrogens with zero attached hydrogens (tertiary/aromatic N) is 2. The predicted octanol–water partition coefficient (Wildman–Crippen LogP) is 1.88. The molecule has 12 heavy (non-hydrogen) atoms. The van der Waals surface area contributed by atoms with Crippen LogP contribution >= 0.6 is 11.6 Å². The zero-order chi connectivity index (χ0) is 8.55. The number of halogens is 1. The van der Waals surface area contributed by atoms with E-state index < -0.39 is 0 Å². The molecule has 2 nitrogen and oxygen atoms in total. The fourth-order valence-electron chi connectivity index (χ4n) is 1.46. The molecule has 1 radical (unpaired) electrons. The lowest BCUT2D eigenvalue weighted by molar-refractivity contribution is 0.314. The molecule has 0 saturated carbocycles. The van der Waals surface area contributed by atoms with Crippen LogP contribution in [-0.2, 0) is 13.1 Å². The molecule has 0 saturated heterocycles. The third kappa shape index (κ3) is 1.21. The second-order valence-electron chi connectivity index (χ2n) is 2.93. The topological polar surface area (TPSA) is 16.1 Å². The van der Waals surface area contributed by atoms with Gasteiger partial charge in [0.2, 0.25) is 0 Å². The van der Waals surface area contributed by atoms with Gasteiger partial charge in [-0.15, -0.1) is 0 Å². The van der Waals surface area contributed by atoms with Crippen molar-refractivity contribution in [1.82, 2.24) is 9.88 Å². The number of fused-ring (bicyclic) bond motifs is 1. The van der Waals surface area contributed by atoms with E-state index in [9.17, 15) is 0 Å². The zero-order valence-electron chi connectivity index (χ0n) is 6.76. The van der Waals surface area contributed by atoms with Gasteiger partial charge in [0, 0.05) is 29.9 Å². The molecule has 2 rings (SSSR count). The molecule has 0 aliphatic carbocycles. The van der Waals surface area contributed by atoms with Gasteiger partial charge in [-0.2, -0.15) is 0 Å². The summed E-state index contributed by atoms with van der Waals surface area (Å²) in [5.74, 6) is 0. The summed E-state index contributed by atoms with van der Waals surface area (Å²) in [6, 6.07) is 1.84. The lowest BCUT2D eigenvalue weighted by Crippen LogP contribution is -2.15. The zero-order valence-corrected chi connectivity index (χ0v) is 7.51. The van der Waals surface area contributed by atoms with Crippen molar-refractivity contribution in [3.8, 4) is 0 Å². The summed E-state index contributed by atoms with van der Waals surface area (Å²) < 4.78 is 0. The van der Waals surface area contributed by atoms with Gasteiger partial charge in [-0.3, -0.25) is 9.88 Å². The van der Waals surface area contributed by atoms with Crippen molar-refractivity contribution in [1.29, 1.82) is 0 Å². The summed E-state index contributed by atoms with van der Waals surface area (Å²) >= 11 is 6.00. The molecule has 0 atom stereocenters. The fourth-order valence-corrected chi connectivity index (χ4v) is 1.69. The van der Waals surface area contributed by atoms with Crippen molar-refractivity contribution >= 4 is 11.6 Å². The van der Waals surface area contributed by atoms with E-state index in [0.717, 1.165) is 30.4 Å². The molecule has 3 heteroatoms. The van der Waals surface area contributed by atoms with Crippen LogP contribution < -0.4 is 0 Å². The average Bonchev–Trinajstić information content (AvgIpc) is 2.49. The summed E-state index contributed by atoms with van der Waals surface area (Å²) in [7, 11) is 0. The number of rotatable bonds is 1. The highest BCUT2D eigenvalue weighted by molar-refractivity contribution is 6.31. The molecular weight excluding hydrogens is 172 g/mol. The second kappa shape index (κ2) is 3.04. The highest BCUT2D eigenvalue weighted by atomic mass is 35.5. The van der Waals surface area contributed by atoms with Crippen LogP contribution in [0.2, 0.25) is 5.02 Å². The van der Waals surface area contributed by atoms with Crippen LogP contribution in [0.1, 0.15) is 11.3 Å². The van der Waals surface area contributed by atoms with Crippen LogP contribution in [-0.4, -0.2) is 16.4 Å². The number of hydrogen-bond acceptors (Lipinski definition) is 2. The number of pyridine rings is 1. The van der Waals surface area contributed by atoms with Gasteiger partial charge in [0.05, 0.1) is 5.69 Å². The molecule has 0 amide bonds. The van der Waals surface area contributed by atoms with Gasteiger partial charge in [0.15, 0.2) is 0 Å². The molecule has 1 aliphatic rings. The Balaban J connectivity index is 2.35. The Bertz CT molecular complexity index is 299. The molecule has 1 aromatic heterocycles. The lowest BCUT2D eigenvalue weighted by Gasteiger charge is -2.08. The molecule has 2 heterocycles. The van der Waals surface area contributed by atoms with Gasteiger partial charge in [-0.05, 0) is 19.5 Å². The molecular formula is C9H10ClN2. The molecule has 0 bridgehead atoms. The first kappa shape index (κ1) is 8.02. The Morgan fingerprint density at radius 3 is 3.08 bits per heavy atom. The molecule has 63 valence electrons. The first-order valence-electron chi connectivity index (χ1n) is 3.95. The van der Waals surface area contributed by atoms with E-state index in [2.05, 4.69) is 16.8 Å². The summed E-state index contributed by atoms with van der Waals surface area (Å²) in [6.07, 6.45) is 1.76. The molecule has 0 fully saturated rings. The van der Waals surface area contributed by atoms with Gasteiger partial charge >= 0.3 is 0 Å². The van der Waals surface area contributed by atoms with Gasteiger partial charge in [-0.25, -0.2) is 0 Å². The first-order valence-corrected chi connectivity index (χ1v) is 4.33. The van der Waals surface area contributed by atoms with Crippen molar-refractivity contribution in [2.24, 2.45) is 0 Å². The van der Waals surface area contributed by atoms with Gasteiger partial charge < -0.3 is 0 Å². The normalized spacial score (nSPS) is 16.5. The van der Waals surface area contributed by atoms with E-state index in [0.29, 0.717) is 0 Å². The number of aromatic nitrogens is 1. The highest BCUT2D eigenvalue weighted by Crippen LogP contribution is 2.26. The van der Waals surface area contributed by atoms with Gasteiger partial charge in [-0.1, -0.05) is 11.6 Å². The molecule has 1 aromatic rings. The fraction of sp³-hybridized carbons (Fsp3) is 0.333. The van der Waals surface area contributed by atoms with E-state index in [4.69, 9.17) is 11.6 Å². The minimum absolute atomic E-state index is 0.812. The van der Waals surface area contributed by atoms with Crippen molar-refractivity contribution in [2.45, 2.75) is 13.1 Å². The minimum atomic E-state index is 0.812. The molecule has 0 N–H and O–H groups in total. The number of hydrogen-bond donors (Lipinski definition) is 0. The monoisotopic (exact) mass is 181 g/mol. The Hall–Kier alpha value is -0.600. The lowest BCUT2D eigenvalue weighted by atomic mass is 10.2. The highest BCUT2D eigenvalue weighted by Gasteiger charge is 2.20. The third-order valence-electron chi connectivity index (χ3n) is 2.16. The van der Waals surface area contributed by atoms with Crippen LogP contribution in [0, 0.1) is 6.92 Å². The van der Waals surface area contributed by atoms with Crippen molar-refractivity contribution < 1.29 is 0 Å². The Kier molecular flexibility index (Phi) is 2.03. The maximum absolute atomic E-state index is 6.00. The molecule has 0 aromatic carbocycles. The van der Waals surface area contributed by atoms with Crippen LogP contribution in [0.4, 0.5) is 0 Å². The van der Waals surface area contributed by atoms with Crippen LogP contribution in [0.5, 0.6) is 0 Å². The van der Waals surface area contributed by atoms with Crippen LogP contribution in [0.15, 0.2) is 12.3 Å². The van der Waals surface area contributed by atoms with E-state index >= 15 is 0 Å². The SMILES string of the molecule is [CH2]CN1Cc2nccc(Cl)c2C1.